The van der Waals surface area contributed by atoms with E-state index in [9.17, 15) is 22.8 Å². The van der Waals surface area contributed by atoms with Crippen molar-refractivity contribution in [3.63, 3.8) is 0 Å². The number of halogens is 4. The fourth-order valence-corrected chi connectivity index (χ4v) is 3.66. The zero-order chi connectivity index (χ0) is 21.2. The zero-order valence-corrected chi connectivity index (χ0v) is 15.8. The van der Waals surface area contributed by atoms with Crippen LogP contribution in [0.2, 0.25) is 0 Å². The number of amides is 2. The van der Waals surface area contributed by atoms with Gasteiger partial charge in [-0.3, -0.25) is 9.59 Å². The van der Waals surface area contributed by atoms with Gasteiger partial charge in [0.25, 0.3) is 5.91 Å². The summed E-state index contributed by atoms with van der Waals surface area (Å²) in [5.41, 5.74) is -2.91. The van der Waals surface area contributed by atoms with E-state index in [1.54, 1.807) is 0 Å². The third kappa shape index (κ3) is 4.71. The molecule has 29 heavy (non-hydrogen) atoms. The van der Waals surface area contributed by atoms with Crippen LogP contribution in [0.4, 0.5) is 17.6 Å². The van der Waals surface area contributed by atoms with Crippen molar-refractivity contribution in [3.8, 4) is 5.75 Å². The summed E-state index contributed by atoms with van der Waals surface area (Å²) in [6.07, 6.45) is -3.02. The lowest BCUT2D eigenvalue weighted by molar-refractivity contribution is -0.145. The van der Waals surface area contributed by atoms with Gasteiger partial charge in [-0.25, -0.2) is 4.39 Å². The fourth-order valence-electron chi connectivity index (χ4n) is 3.66. The molecular formula is C20H22F4N2O3. The van der Waals surface area contributed by atoms with Gasteiger partial charge in [-0.15, -0.1) is 0 Å². The highest BCUT2D eigenvalue weighted by Gasteiger charge is 2.48. The number of nitrogens with zero attached hydrogens (tertiary/aromatic N) is 2. The summed E-state index contributed by atoms with van der Waals surface area (Å²) in [6.45, 7) is 3.70. The number of likely N-dealkylation sites (tertiary alicyclic amines) is 2. The van der Waals surface area contributed by atoms with Crippen molar-refractivity contribution in [2.45, 2.75) is 37.2 Å². The van der Waals surface area contributed by atoms with Crippen LogP contribution in [-0.2, 0) is 15.8 Å². The number of piperidine rings is 1. The lowest BCUT2D eigenvalue weighted by atomic mass is 10.0. The van der Waals surface area contributed by atoms with Gasteiger partial charge >= 0.3 is 6.18 Å². The first kappa shape index (κ1) is 21.1. The summed E-state index contributed by atoms with van der Waals surface area (Å²) >= 11 is 0. The smallest absolute Gasteiger partial charge is 0.416 e. The van der Waals surface area contributed by atoms with Gasteiger partial charge in [-0.1, -0.05) is 12.6 Å². The molecular weight excluding hydrogens is 392 g/mol. The molecule has 1 unspecified atom stereocenters. The minimum atomic E-state index is -4.45. The summed E-state index contributed by atoms with van der Waals surface area (Å²) in [5.74, 6) is -0.958. The maximum Gasteiger partial charge on any atom is 0.416 e. The van der Waals surface area contributed by atoms with Crippen molar-refractivity contribution >= 4 is 11.8 Å². The summed E-state index contributed by atoms with van der Waals surface area (Å²) in [4.78, 5) is 26.9. The van der Waals surface area contributed by atoms with Gasteiger partial charge in [-0.05, 0) is 24.3 Å². The first-order valence-electron chi connectivity index (χ1n) is 9.36. The lowest BCUT2D eigenvalue weighted by Crippen LogP contribution is -2.51. The Kier molecular flexibility index (Phi) is 5.86. The van der Waals surface area contributed by atoms with Gasteiger partial charge < -0.3 is 14.5 Å². The van der Waals surface area contributed by atoms with Crippen molar-refractivity contribution < 1.29 is 31.9 Å². The van der Waals surface area contributed by atoms with Crippen LogP contribution in [0.25, 0.3) is 0 Å². The number of rotatable bonds is 4. The second-order valence-corrected chi connectivity index (χ2v) is 7.31. The maximum atomic E-state index is 15.1. The highest BCUT2D eigenvalue weighted by molar-refractivity contribution is 5.90. The summed E-state index contributed by atoms with van der Waals surface area (Å²) < 4.78 is 59.1. The molecule has 2 aliphatic rings. The van der Waals surface area contributed by atoms with E-state index < -0.39 is 29.2 Å². The van der Waals surface area contributed by atoms with Crippen LogP contribution in [0.3, 0.4) is 0 Å². The van der Waals surface area contributed by atoms with Gasteiger partial charge in [-0.2, -0.15) is 13.2 Å². The number of benzene rings is 1. The summed E-state index contributed by atoms with van der Waals surface area (Å²) in [5, 5.41) is 0. The molecule has 2 saturated heterocycles. The minimum Gasteiger partial charge on any atom is -0.490 e. The molecule has 158 valence electrons. The van der Waals surface area contributed by atoms with Crippen LogP contribution in [0, 0.1) is 0 Å². The normalized spacial score (nSPS) is 23.2. The molecule has 1 aromatic rings. The van der Waals surface area contributed by atoms with Gasteiger partial charge in [0.1, 0.15) is 11.9 Å². The Hall–Kier alpha value is -2.58. The fraction of sp³-hybridized carbons (Fsp3) is 0.500. The van der Waals surface area contributed by atoms with Crippen LogP contribution in [0.15, 0.2) is 36.9 Å². The van der Waals surface area contributed by atoms with Crippen molar-refractivity contribution in [3.05, 3.63) is 42.5 Å². The van der Waals surface area contributed by atoms with Crippen LogP contribution in [0.5, 0.6) is 5.75 Å². The molecule has 2 heterocycles. The quantitative estimate of drug-likeness (QED) is 0.562. The molecule has 1 aromatic carbocycles. The molecule has 0 aliphatic carbocycles. The van der Waals surface area contributed by atoms with E-state index in [-0.39, 0.29) is 44.5 Å². The van der Waals surface area contributed by atoms with E-state index in [1.807, 2.05) is 0 Å². The highest BCUT2D eigenvalue weighted by Crippen LogP contribution is 2.33. The Morgan fingerprint density at radius 1 is 1.17 bits per heavy atom. The number of alkyl halides is 4. The standard InChI is InChI=1S/C20H22F4N2O3/c1-2-17(27)26-11-8-19(21,13-26)18(28)25-9-6-15(7-10-25)29-16-5-3-4-14(12-16)20(22,23)24/h2-5,12,15H,1,6-11,13H2. The van der Waals surface area contributed by atoms with Gasteiger partial charge in [0.2, 0.25) is 11.6 Å². The maximum absolute atomic E-state index is 15.1. The monoisotopic (exact) mass is 414 g/mol. The lowest BCUT2D eigenvalue weighted by Gasteiger charge is -2.35. The molecule has 0 spiro atoms. The van der Waals surface area contributed by atoms with Crippen molar-refractivity contribution in [2.24, 2.45) is 0 Å². The first-order chi connectivity index (χ1) is 13.6. The molecule has 2 aliphatic heterocycles. The summed E-state index contributed by atoms with van der Waals surface area (Å²) in [7, 11) is 0. The number of carbonyl (C=O) groups excluding carboxylic acids is 2. The van der Waals surface area contributed by atoms with Crippen LogP contribution in [-0.4, -0.2) is 59.6 Å². The Balaban J connectivity index is 1.55. The average Bonchev–Trinajstić information content (AvgIpc) is 3.10. The first-order valence-corrected chi connectivity index (χ1v) is 9.36. The van der Waals surface area contributed by atoms with Gasteiger partial charge in [0.15, 0.2) is 0 Å². The predicted octanol–water partition coefficient (Wildman–Crippen LogP) is 3.20. The van der Waals surface area contributed by atoms with Crippen molar-refractivity contribution in [1.82, 2.24) is 9.80 Å². The third-order valence-corrected chi connectivity index (χ3v) is 5.28. The Labute approximate surface area is 165 Å². The van der Waals surface area contributed by atoms with E-state index in [0.717, 1.165) is 18.2 Å². The van der Waals surface area contributed by atoms with Crippen molar-refractivity contribution in [2.75, 3.05) is 26.2 Å². The molecule has 2 amide bonds. The molecule has 0 aromatic heterocycles. The molecule has 0 saturated carbocycles. The Bertz CT molecular complexity index is 790. The molecule has 3 rings (SSSR count). The predicted molar refractivity (Wildman–Crippen MR) is 96.9 cm³/mol. The Morgan fingerprint density at radius 3 is 2.48 bits per heavy atom. The molecule has 2 fully saturated rings. The number of hydrogen-bond donors (Lipinski definition) is 0. The zero-order valence-electron chi connectivity index (χ0n) is 15.8. The van der Waals surface area contributed by atoms with E-state index in [0.29, 0.717) is 12.8 Å². The number of ether oxygens (including phenoxy) is 1. The van der Waals surface area contributed by atoms with Gasteiger partial charge in [0.05, 0.1) is 12.1 Å². The Morgan fingerprint density at radius 2 is 1.86 bits per heavy atom. The molecule has 9 heteroatoms. The van der Waals surface area contributed by atoms with Crippen LogP contribution >= 0.6 is 0 Å². The number of carbonyl (C=O) groups is 2. The van der Waals surface area contributed by atoms with E-state index in [1.165, 1.54) is 21.9 Å². The second-order valence-electron chi connectivity index (χ2n) is 7.31. The SMILES string of the molecule is C=CC(=O)N1CCC(F)(C(=O)N2CCC(Oc3cccc(C(F)(F)F)c3)CC2)C1. The molecule has 1 atom stereocenters. The summed E-state index contributed by atoms with van der Waals surface area (Å²) in [6, 6.07) is 4.64. The van der Waals surface area contributed by atoms with Crippen LogP contribution in [0.1, 0.15) is 24.8 Å². The molecule has 0 bridgehead atoms. The van der Waals surface area contributed by atoms with Crippen LogP contribution < -0.4 is 4.74 Å². The average molecular weight is 414 g/mol. The van der Waals surface area contributed by atoms with Crippen molar-refractivity contribution in [1.29, 1.82) is 0 Å². The van der Waals surface area contributed by atoms with Gasteiger partial charge in [0, 0.05) is 38.9 Å². The minimum absolute atomic E-state index is 0.0634. The van der Waals surface area contributed by atoms with E-state index in [4.69, 9.17) is 4.74 Å². The third-order valence-electron chi connectivity index (χ3n) is 5.28. The topological polar surface area (TPSA) is 49.9 Å². The van der Waals surface area contributed by atoms with E-state index >= 15 is 4.39 Å². The molecule has 0 N–H and O–H groups in total. The molecule has 5 nitrogen and oxygen atoms in total. The molecule has 0 radical (unpaired) electrons. The number of hydrogen-bond acceptors (Lipinski definition) is 3. The van der Waals surface area contributed by atoms with E-state index in [2.05, 4.69) is 6.58 Å². The largest absolute Gasteiger partial charge is 0.490 e. The second kappa shape index (κ2) is 8.04. The highest BCUT2D eigenvalue weighted by atomic mass is 19.4.